The molecule has 1 aliphatic rings. The molecule has 0 aromatic heterocycles. The van der Waals surface area contributed by atoms with E-state index in [0.29, 0.717) is 25.9 Å². The zero-order valence-electron chi connectivity index (χ0n) is 11.5. The normalized spacial score (nSPS) is 21.5. The van der Waals surface area contributed by atoms with Crippen molar-refractivity contribution < 1.29 is 18.3 Å². The molecule has 0 N–H and O–H groups in total. The smallest absolute Gasteiger partial charge is 0.367 e. The first-order valence-corrected chi connectivity index (χ1v) is 8.83. The molecular weight excluding hydrogens is 236 g/mol. The SMILES string of the molecule is CCO[Si](CC)(OCC)C(CC)OCC1CO1. The Morgan fingerprint density at radius 3 is 2.12 bits per heavy atom. The maximum Gasteiger partial charge on any atom is 0.367 e. The van der Waals surface area contributed by atoms with Crippen molar-refractivity contribution >= 4 is 8.56 Å². The summed E-state index contributed by atoms with van der Waals surface area (Å²) in [6, 6.07) is 0.929. The third-order valence-corrected chi connectivity index (χ3v) is 7.11. The first-order chi connectivity index (χ1) is 8.22. The van der Waals surface area contributed by atoms with Crippen molar-refractivity contribution in [3.05, 3.63) is 0 Å². The second-order valence-electron chi connectivity index (χ2n) is 4.22. The van der Waals surface area contributed by atoms with E-state index in [2.05, 4.69) is 13.8 Å². The zero-order chi connectivity index (χ0) is 12.7. The Hall–Kier alpha value is 0.0569. The molecule has 1 aliphatic heterocycles. The molecule has 1 heterocycles. The Morgan fingerprint density at radius 1 is 1.18 bits per heavy atom. The molecule has 0 aromatic rings. The molecule has 1 rings (SSSR count). The van der Waals surface area contributed by atoms with E-state index in [1.807, 2.05) is 13.8 Å². The second-order valence-corrected chi connectivity index (χ2v) is 7.77. The summed E-state index contributed by atoms with van der Waals surface area (Å²) in [4.78, 5) is 0. The van der Waals surface area contributed by atoms with Gasteiger partial charge in [-0.25, -0.2) is 0 Å². The molecule has 4 nitrogen and oxygen atoms in total. The fraction of sp³-hybridized carbons (Fsp3) is 1.00. The third-order valence-electron chi connectivity index (χ3n) is 3.02. The Balaban J connectivity index is 2.59. The van der Waals surface area contributed by atoms with Gasteiger partial charge in [0.25, 0.3) is 0 Å². The molecule has 5 heteroatoms. The highest BCUT2D eigenvalue weighted by Crippen LogP contribution is 2.24. The number of ether oxygens (including phenoxy) is 2. The maximum absolute atomic E-state index is 5.98. The fourth-order valence-electron chi connectivity index (χ4n) is 2.09. The van der Waals surface area contributed by atoms with Crippen LogP contribution in [0, 0.1) is 0 Å². The van der Waals surface area contributed by atoms with E-state index in [9.17, 15) is 0 Å². The minimum Gasteiger partial charge on any atom is -0.393 e. The molecule has 0 amide bonds. The minimum absolute atomic E-state index is 0.108. The first kappa shape index (κ1) is 15.1. The van der Waals surface area contributed by atoms with E-state index in [-0.39, 0.29) is 5.73 Å². The number of hydrogen-bond acceptors (Lipinski definition) is 4. The predicted molar refractivity (Wildman–Crippen MR) is 69.3 cm³/mol. The van der Waals surface area contributed by atoms with Gasteiger partial charge in [0.1, 0.15) is 11.8 Å². The number of rotatable bonds is 10. The van der Waals surface area contributed by atoms with Gasteiger partial charge in [0.05, 0.1) is 13.2 Å². The molecule has 0 saturated carbocycles. The van der Waals surface area contributed by atoms with Crippen LogP contribution in [0.5, 0.6) is 0 Å². The monoisotopic (exact) mass is 262 g/mol. The molecule has 1 saturated heterocycles. The fourth-order valence-corrected chi connectivity index (χ4v) is 5.36. The summed E-state index contributed by atoms with van der Waals surface area (Å²) in [6.45, 7) is 11.2. The van der Waals surface area contributed by atoms with Gasteiger partial charge in [-0.3, -0.25) is 0 Å². The van der Waals surface area contributed by atoms with Gasteiger partial charge in [0.15, 0.2) is 0 Å². The van der Waals surface area contributed by atoms with Crippen molar-refractivity contribution in [3.63, 3.8) is 0 Å². The van der Waals surface area contributed by atoms with E-state index in [1.54, 1.807) is 0 Å². The van der Waals surface area contributed by atoms with Crippen molar-refractivity contribution in [2.45, 2.75) is 52.0 Å². The van der Waals surface area contributed by atoms with Gasteiger partial charge in [-0.05, 0) is 26.3 Å². The van der Waals surface area contributed by atoms with E-state index in [4.69, 9.17) is 18.3 Å². The van der Waals surface area contributed by atoms with Gasteiger partial charge in [-0.15, -0.1) is 0 Å². The van der Waals surface area contributed by atoms with Crippen LogP contribution in [-0.4, -0.2) is 46.8 Å². The standard InChI is InChI=1S/C12H26O4Si/c1-5-12(14-10-11-9-13-11)17(8-4,15-6-2)16-7-3/h11-12H,5-10H2,1-4H3. The van der Waals surface area contributed by atoms with E-state index in [1.165, 1.54) is 0 Å². The van der Waals surface area contributed by atoms with Crippen molar-refractivity contribution in [1.29, 1.82) is 0 Å². The van der Waals surface area contributed by atoms with Crippen molar-refractivity contribution in [1.82, 2.24) is 0 Å². The van der Waals surface area contributed by atoms with E-state index >= 15 is 0 Å². The Labute approximate surface area is 106 Å². The highest BCUT2D eigenvalue weighted by molar-refractivity contribution is 6.68. The topological polar surface area (TPSA) is 40.2 Å². The summed E-state index contributed by atoms with van der Waals surface area (Å²) in [5, 5.41) is 0. The van der Waals surface area contributed by atoms with Crippen LogP contribution < -0.4 is 0 Å². The molecule has 0 aliphatic carbocycles. The van der Waals surface area contributed by atoms with Gasteiger partial charge >= 0.3 is 8.56 Å². The van der Waals surface area contributed by atoms with Gasteiger partial charge in [0, 0.05) is 13.2 Å². The lowest BCUT2D eigenvalue weighted by Gasteiger charge is -2.35. The Bertz CT molecular complexity index is 203. The zero-order valence-corrected chi connectivity index (χ0v) is 12.5. The van der Waals surface area contributed by atoms with Crippen LogP contribution in [-0.2, 0) is 18.3 Å². The van der Waals surface area contributed by atoms with E-state index < -0.39 is 8.56 Å². The Kier molecular flexibility index (Phi) is 6.65. The summed E-state index contributed by atoms with van der Waals surface area (Å²) >= 11 is 0. The molecule has 17 heavy (non-hydrogen) atoms. The third kappa shape index (κ3) is 4.33. The lowest BCUT2D eigenvalue weighted by atomic mass is 10.5. The summed E-state index contributed by atoms with van der Waals surface area (Å²) in [7, 11) is -2.22. The summed E-state index contributed by atoms with van der Waals surface area (Å²) in [6.07, 6.45) is 1.24. The maximum atomic E-state index is 5.98. The van der Waals surface area contributed by atoms with Gasteiger partial charge in [-0.1, -0.05) is 13.8 Å². The van der Waals surface area contributed by atoms with Crippen molar-refractivity contribution in [3.8, 4) is 0 Å². The Morgan fingerprint density at radius 2 is 1.76 bits per heavy atom. The molecule has 2 atom stereocenters. The molecule has 0 spiro atoms. The predicted octanol–water partition coefficient (Wildman–Crippen LogP) is 2.25. The summed E-state index contributed by atoms with van der Waals surface area (Å²) in [5.74, 6) is 0. The molecule has 2 unspecified atom stereocenters. The molecule has 0 bridgehead atoms. The number of epoxide rings is 1. The van der Waals surface area contributed by atoms with E-state index in [0.717, 1.165) is 19.1 Å². The highest BCUT2D eigenvalue weighted by atomic mass is 28.4. The van der Waals surface area contributed by atoms with Crippen LogP contribution in [0.3, 0.4) is 0 Å². The first-order valence-electron chi connectivity index (χ1n) is 6.73. The van der Waals surface area contributed by atoms with Crippen molar-refractivity contribution in [2.75, 3.05) is 26.4 Å². The van der Waals surface area contributed by atoms with Crippen LogP contribution in [0.25, 0.3) is 0 Å². The quantitative estimate of drug-likeness (QED) is 0.447. The summed E-state index contributed by atoms with van der Waals surface area (Å²) in [5.41, 5.74) is 0.108. The van der Waals surface area contributed by atoms with Crippen LogP contribution in [0.4, 0.5) is 0 Å². The van der Waals surface area contributed by atoms with Crippen LogP contribution in [0.1, 0.15) is 34.1 Å². The lowest BCUT2D eigenvalue weighted by Crippen LogP contribution is -2.54. The highest BCUT2D eigenvalue weighted by Gasteiger charge is 2.45. The minimum atomic E-state index is -2.22. The van der Waals surface area contributed by atoms with Crippen LogP contribution >= 0.6 is 0 Å². The largest absolute Gasteiger partial charge is 0.393 e. The van der Waals surface area contributed by atoms with Crippen LogP contribution in [0.15, 0.2) is 0 Å². The molecule has 102 valence electrons. The second kappa shape index (κ2) is 7.48. The lowest BCUT2D eigenvalue weighted by molar-refractivity contribution is 0.0368. The van der Waals surface area contributed by atoms with Crippen LogP contribution in [0.2, 0.25) is 6.04 Å². The number of hydrogen-bond donors (Lipinski definition) is 0. The molecule has 1 fully saturated rings. The van der Waals surface area contributed by atoms with Crippen molar-refractivity contribution in [2.24, 2.45) is 0 Å². The van der Waals surface area contributed by atoms with Gasteiger partial charge in [-0.2, -0.15) is 0 Å². The average molecular weight is 262 g/mol. The molecule has 0 aromatic carbocycles. The summed E-state index contributed by atoms with van der Waals surface area (Å²) < 4.78 is 23.1. The average Bonchev–Trinajstić information content (AvgIpc) is 3.14. The van der Waals surface area contributed by atoms with Gasteiger partial charge < -0.3 is 18.3 Å². The van der Waals surface area contributed by atoms with Gasteiger partial charge in [0.2, 0.25) is 0 Å². The molecule has 0 radical (unpaired) electrons. The molecular formula is C12H26O4Si.